The van der Waals surface area contributed by atoms with E-state index in [0.717, 1.165) is 43.4 Å². The van der Waals surface area contributed by atoms with Gasteiger partial charge in [0.1, 0.15) is 5.76 Å². The standard InChI is InChI=1S/C13H22N2OS/c1-14-6-2-3-12-10-15-13(16-12)9-11-4-7-17-8-5-11/h10-11,14H,2-9H2,1H3. The van der Waals surface area contributed by atoms with Crippen LogP contribution in [-0.2, 0) is 12.8 Å². The fourth-order valence-corrected chi connectivity index (χ4v) is 3.40. The highest BCUT2D eigenvalue weighted by molar-refractivity contribution is 7.99. The average molecular weight is 254 g/mol. The molecule has 2 rings (SSSR count). The molecule has 0 aromatic carbocycles. The smallest absolute Gasteiger partial charge is 0.194 e. The molecule has 1 aliphatic heterocycles. The lowest BCUT2D eigenvalue weighted by Gasteiger charge is -2.19. The third-order valence-electron chi connectivity index (χ3n) is 3.26. The van der Waals surface area contributed by atoms with E-state index in [1.54, 1.807) is 0 Å². The van der Waals surface area contributed by atoms with Crippen molar-refractivity contribution in [3.05, 3.63) is 17.8 Å². The number of oxazole rings is 1. The van der Waals surface area contributed by atoms with Gasteiger partial charge in [0.05, 0.1) is 6.20 Å². The summed E-state index contributed by atoms with van der Waals surface area (Å²) in [7, 11) is 1.98. The molecule has 0 bridgehead atoms. The number of hydrogen-bond acceptors (Lipinski definition) is 4. The van der Waals surface area contributed by atoms with Gasteiger partial charge in [-0.25, -0.2) is 4.98 Å². The van der Waals surface area contributed by atoms with E-state index in [0.29, 0.717) is 0 Å². The van der Waals surface area contributed by atoms with E-state index in [2.05, 4.69) is 22.1 Å². The predicted molar refractivity (Wildman–Crippen MR) is 72.5 cm³/mol. The van der Waals surface area contributed by atoms with Gasteiger partial charge in [-0.3, -0.25) is 0 Å². The molecular weight excluding hydrogens is 232 g/mol. The van der Waals surface area contributed by atoms with Crippen LogP contribution in [0.1, 0.15) is 30.9 Å². The summed E-state index contributed by atoms with van der Waals surface area (Å²) in [5, 5.41) is 3.15. The topological polar surface area (TPSA) is 38.1 Å². The van der Waals surface area contributed by atoms with Crippen molar-refractivity contribution in [3.63, 3.8) is 0 Å². The highest BCUT2D eigenvalue weighted by atomic mass is 32.2. The number of nitrogens with zero attached hydrogens (tertiary/aromatic N) is 1. The van der Waals surface area contributed by atoms with Crippen LogP contribution in [0.4, 0.5) is 0 Å². The lowest BCUT2D eigenvalue weighted by Crippen LogP contribution is -2.12. The minimum absolute atomic E-state index is 0.792. The fourth-order valence-electron chi connectivity index (χ4n) is 2.19. The molecule has 0 radical (unpaired) electrons. The maximum absolute atomic E-state index is 5.79. The molecule has 1 aromatic heterocycles. The van der Waals surface area contributed by atoms with E-state index in [-0.39, 0.29) is 0 Å². The summed E-state index contributed by atoms with van der Waals surface area (Å²) in [6.07, 6.45) is 7.69. The van der Waals surface area contributed by atoms with Crippen LogP contribution in [0.2, 0.25) is 0 Å². The summed E-state index contributed by atoms with van der Waals surface area (Å²) in [5.41, 5.74) is 0. The van der Waals surface area contributed by atoms with Gasteiger partial charge in [-0.15, -0.1) is 0 Å². The van der Waals surface area contributed by atoms with E-state index < -0.39 is 0 Å². The zero-order chi connectivity index (χ0) is 11.9. The summed E-state index contributed by atoms with van der Waals surface area (Å²) in [5.74, 6) is 5.39. The fraction of sp³-hybridized carbons (Fsp3) is 0.769. The molecule has 0 amide bonds. The predicted octanol–water partition coefficient (Wildman–Crippen LogP) is 2.51. The average Bonchev–Trinajstić information content (AvgIpc) is 2.79. The second-order valence-corrected chi connectivity index (χ2v) is 5.91. The van der Waals surface area contributed by atoms with E-state index in [1.807, 2.05) is 13.2 Å². The van der Waals surface area contributed by atoms with Crippen molar-refractivity contribution in [2.75, 3.05) is 25.1 Å². The maximum Gasteiger partial charge on any atom is 0.194 e. The van der Waals surface area contributed by atoms with Gasteiger partial charge in [-0.2, -0.15) is 11.8 Å². The zero-order valence-corrected chi connectivity index (χ0v) is 11.4. The maximum atomic E-state index is 5.79. The Balaban J connectivity index is 1.76. The SMILES string of the molecule is CNCCCc1cnc(CC2CCSCC2)o1. The van der Waals surface area contributed by atoms with E-state index in [9.17, 15) is 0 Å². The molecule has 0 atom stereocenters. The van der Waals surface area contributed by atoms with Gasteiger partial charge in [0.25, 0.3) is 0 Å². The van der Waals surface area contributed by atoms with Crippen LogP contribution >= 0.6 is 11.8 Å². The van der Waals surface area contributed by atoms with Crippen LogP contribution in [0.15, 0.2) is 10.6 Å². The van der Waals surface area contributed by atoms with Crippen LogP contribution < -0.4 is 5.32 Å². The highest BCUT2D eigenvalue weighted by Gasteiger charge is 2.16. The van der Waals surface area contributed by atoms with Crippen LogP contribution in [-0.4, -0.2) is 30.1 Å². The van der Waals surface area contributed by atoms with Crippen molar-refractivity contribution < 1.29 is 4.42 Å². The zero-order valence-electron chi connectivity index (χ0n) is 10.6. The Kier molecular flexibility index (Phi) is 5.39. The van der Waals surface area contributed by atoms with Gasteiger partial charge in [0, 0.05) is 12.8 Å². The molecule has 1 N–H and O–H groups in total. The number of thioether (sulfide) groups is 1. The Hall–Kier alpha value is -0.480. The third-order valence-corrected chi connectivity index (χ3v) is 4.30. The van der Waals surface area contributed by atoms with Crippen molar-refractivity contribution in [3.8, 4) is 0 Å². The van der Waals surface area contributed by atoms with E-state index in [1.165, 1.54) is 24.3 Å². The minimum atomic E-state index is 0.792. The molecule has 1 saturated heterocycles. The number of aryl methyl sites for hydroxylation is 1. The van der Waals surface area contributed by atoms with Gasteiger partial charge in [-0.05, 0) is 50.3 Å². The summed E-state index contributed by atoms with van der Waals surface area (Å²) < 4.78 is 5.79. The van der Waals surface area contributed by atoms with Crippen molar-refractivity contribution in [1.82, 2.24) is 10.3 Å². The molecule has 17 heavy (non-hydrogen) atoms. The first-order valence-electron chi connectivity index (χ1n) is 6.54. The molecule has 1 aliphatic rings. The lowest BCUT2D eigenvalue weighted by atomic mass is 9.99. The van der Waals surface area contributed by atoms with Crippen molar-refractivity contribution >= 4 is 11.8 Å². The Morgan fingerprint density at radius 1 is 1.47 bits per heavy atom. The summed E-state index contributed by atoms with van der Waals surface area (Å²) >= 11 is 2.07. The highest BCUT2D eigenvalue weighted by Crippen LogP contribution is 2.25. The number of nitrogens with one attached hydrogen (secondary N) is 1. The Morgan fingerprint density at radius 2 is 2.29 bits per heavy atom. The summed E-state index contributed by atoms with van der Waals surface area (Å²) in [6, 6.07) is 0. The first-order valence-corrected chi connectivity index (χ1v) is 7.70. The summed E-state index contributed by atoms with van der Waals surface area (Å²) in [6.45, 7) is 1.04. The van der Waals surface area contributed by atoms with Gasteiger partial charge in [0.2, 0.25) is 0 Å². The number of aromatic nitrogens is 1. The van der Waals surface area contributed by atoms with Gasteiger partial charge in [-0.1, -0.05) is 0 Å². The largest absolute Gasteiger partial charge is 0.446 e. The Bertz CT molecular complexity index is 321. The number of rotatable bonds is 6. The van der Waals surface area contributed by atoms with Crippen molar-refractivity contribution in [2.24, 2.45) is 5.92 Å². The number of hydrogen-bond donors (Lipinski definition) is 1. The molecule has 1 aromatic rings. The Morgan fingerprint density at radius 3 is 3.06 bits per heavy atom. The van der Waals surface area contributed by atoms with Crippen LogP contribution in [0.5, 0.6) is 0 Å². The third kappa shape index (κ3) is 4.36. The van der Waals surface area contributed by atoms with Crippen molar-refractivity contribution in [1.29, 1.82) is 0 Å². The molecule has 96 valence electrons. The Labute approximate surface area is 108 Å². The lowest BCUT2D eigenvalue weighted by molar-refractivity contribution is 0.390. The molecule has 4 heteroatoms. The van der Waals surface area contributed by atoms with Gasteiger partial charge >= 0.3 is 0 Å². The summed E-state index contributed by atoms with van der Waals surface area (Å²) in [4.78, 5) is 4.40. The molecule has 0 saturated carbocycles. The molecule has 1 fully saturated rings. The van der Waals surface area contributed by atoms with Crippen LogP contribution in [0, 0.1) is 5.92 Å². The second-order valence-electron chi connectivity index (χ2n) is 4.69. The van der Waals surface area contributed by atoms with Gasteiger partial charge < -0.3 is 9.73 Å². The molecule has 2 heterocycles. The normalized spacial score (nSPS) is 17.5. The monoisotopic (exact) mass is 254 g/mol. The first kappa shape index (κ1) is 13.0. The van der Waals surface area contributed by atoms with Crippen LogP contribution in [0.25, 0.3) is 0 Å². The second kappa shape index (κ2) is 7.07. The van der Waals surface area contributed by atoms with E-state index >= 15 is 0 Å². The van der Waals surface area contributed by atoms with Crippen LogP contribution in [0.3, 0.4) is 0 Å². The quantitative estimate of drug-likeness (QED) is 0.792. The molecule has 0 unspecified atom stereocenters. The van der Waals surface area contributed by atoms with E-state index in [4.69, 9.17) is 4.42 Å². The molecule has 0 spiro atoms. The molecule has 0 aliphatic carbocycles. The molecular formula is C13H22N2OS. The minimum Gasteiger partial charge on any atom is -0.446 e. The first-order chi connectivity index (χ1) is 8.38. The van der Waals surface area contributed by atoms with Gasteiger partial charge in [0.15, 0.2) is 5.89 Å². The van der Waals surface area contributed by atoms with Crippen molar-refractivity contribution in [2.45, 2.75) is 32.1 Å². The molecule has 3 nitrogen and oxygen atoms in total.